The van der Waals surface area contributed by atoms with Crippen LogP contribution in [0.3, 0.4) is 0 Å². The molecule has 0 bridgehead atoms. The van der Waals surface area contributed by atoms with Crippen LogP contribution in [0.25, 0.3) is 10.2 Å². The van der Waals surface area contributed by atoms with Gasteiger partial charge in [0.15, 0.2) is 5.16 Å². The molecule has 2 heterocycles. The number of thioether (sulfide) groups is 1. The highest BCUT2D eigenvalue weighted by atomic mass is 32.2. The topological polar surface area (TPSA) is 97.0 Å². The molecule has 0 aromatic carbocycles. The van der Waals surface area contributed by atoms with Crippen LogP contribution in [0.2, 0.25) is 0 Å². The van der Waals surface area contributed by atoms with Crippen molar-refractivity contribution in [2.24, 2.45) is 0 Å². The summed E-state index contributed by atoms with van der Waals surface area (Å²) < 4.78 is 6.77. The lowest BCUT2D eigenvalue weighted by atomic mass is 9.97. The maximum Gasteiger partial charge on any atom is 0.263 e. The molecular formula is C18H22N4O3S2. The van der Waals surface area contributed by atoms with E-state index in [1.165, 1.54) is 16.6 Å². The van der Waals surface area contributed by atoms with Crippen LogP contribution in [0.4, 0.5) is 0 Å². The van der Waals surface area contributed by atoms with E-state index in [1.807, 2.05) is 6.07 Å². The number of rotatable bonds is 8. The molecule has 2 aromatic heterocycles. The van der Waals surface area contributed by atoms with Crippen LogP contribution in [0.15, 0.2) is 9.95 Å². The summed E-state index contributed by atoms with van der Waals surface area (Å²) in [6.45, 7) is 1.14. The van der Waals surface area contributed by atoms with Gasteiger partial charge in [-0.15, -0.1) is 11.3 Å². The molecule has 0 radical (unpaired) electrons. The van der Waals surface area contributed by atoms with Crippen molar-refractivity contribution in [2.75, 3.05) is 26.0 Å². The summed E-state index contributed by atoms with van der Waals surface area (Å²) in [5.41, 5.74) is 1.12. The third kappa shape index (κ3) is 4.51. The first kappa shape index (κ1) is 19.9. The van der Waals surface area contributed by atoms with Gasteiger partial charge in [0.25, 0.3) is 5.56 Å². The van der Waals surface area contributed by atoms with Crippen molar-refractivity contribution in [3.63, 3.8) is 0 Å². The van der Waals surface area contributed by atoms with E-state index in [-0.39, 0.29) is 23.6 Å². The number of aromatic nitrogens is 2. The number of ether oxygens (including phenoxy) is 1. The van der Waals surface area contributed by atoms with Crippen molar-refractivity contribution in [2.45, 2.75) is 43.8 Å². The van der Waals surface area contributed by atoms with Gasteiger partial charge in [-0.2, -0.15) is 5.26 Å². The highest BCUT2D eigenvalue weighted by molar-refractivity contribution is 7.99. The maximum absolute atomic E-state index is 13.2. The Morgan fingerprint density at radius 1 is 1.44 bits per heavy atom. The van der Waals surface area contributed by atoms with Crippen LogP contribution < -0.4 is 10.9 Å². The molecule has 1 aliphatic carbocycles. The first-order chi connectivity index (χ1) is 13.2. The zero-order valence-electron chi connectivity index (χ0n) is 15.2. The number of methoxy groups -OCH3 is 1. The number of carbonyl (C=O) groups is 1. The van der Waals surface area contributed by atoms with Crippen molar-refractivity contribution in [1.82, 2.24) is 14.9 Å². The number of nitrogens with one attached hydrogen (secondary N) is 1. The number of carbonyl (C=O) groups excluding carboxylic acids is 1. The van der Waals surface area contributed by atoms with Crippen molar-refractivity contribution < 1.29 is 9.53 Å². The smallest absolute Gasteiger partial charge is 0.263 e. The summed E-state index contributed by atoms with van der Waals surface area (Å²) in [5, 5.41) is 12.5. The fourth-order valence-electron chi connectivity index (χ4n) is 3.15. The molecule has 0 unspecified atom stereocenters. The van der Waals surface area contributed by atoms with Gasteiger partial charge in [0, 0.05) is 18.5 Å². The van der Waals surface area contributed by atoms with Gasteiger partial charge in [-0.25, -0.2) is 4.98 Å². The van der Waals surface area contributed by atoms with E-state index in [4.69, 9.17) is 15.0 Å². The first-order valence-corrected chi connectivity index (χ1v) is 10.8. The van der Waals surface area contributed by atoms with Gasteiger partial charge in [0.2, 0.25) is 5.91 Å². The van der Waals surface area contributed by atoms with Gasteiger partial charge < -0.3 is 10.1 Å². The van der Waals surface area contributed by atoms with Crippen molar-refractivity contribution in [3.05, 3.63) is 20.8 Å². The monoisotopic (exact) mass is 406 g/mol. The van der Waals surface area contributed by atoms with Crippen molar-refractivity contribution >= 4 is 39.2 Å². The first-order valence-electron chi connectivity index (χ1n) is 8.96. The largest absolute Gasteiger partial charge is 0.383 e. The molecule has 9 heteroatoms. The van der Waals surface area contributed by atoms with Gasteiger partial charge in [0.05, 0.1) is 36.8 Å². The molecule has 0 saturated heterocycles. The van der Waals surface area contributed by atoms with Crippen LogP contribution in [-0.2, 0) is 28.9 Å². The Kier molecular flexibility index (Phi) is 6.88. The van der Waals surface area contributed by atoms with Crippen molar-refractivity contribution in [3.8, 4) is 6.07 Å². The quantitative estimate of drug-likeness (QED) is 0.410. The summed E-state index contributed by atoms with van der Waals surface area (Å²) in [5.74, 6) is -0.0186. The maximum atomic E-state index is 13.2. The molecule has 1 amide bonds. The number of fused-ring (bicyclic) bond motifs is 3. The Bertz CT molecular complexity index is 929. The number of thiophene rings is 1. The van der Waals surface area contributed by atoms with E-state index in [0.717, 1.165) is 41.5 Å². The Hall–Kier alpha value is -1.89. The number of nitrogens with zero attached hydrogens (tertiary/aromatic N) is 3. The number of nitriles is 1. The highest BCUT2D eigenvalue weighted by Crippen LogP contribution is 2.34. The Morgan fingerprint density at radius 3 is 3.04 bits per heavy atom. The average Bonchev–Trinajstić information content (AvgIpc) is 3.04. The minimum absolute atomic E-state index is 0.0381. The second-order valence-corrected chi connectivity index (χ2v) is 8.31. The molecule has 1 aliphatic rings. The molecule has 0 spiro atoms. The van der Waals surface area contributed by atoms with Gasteiger partial charge in [-0.1, -0.05) is 11.8 Å². The SMILES string of the molecule is COCCn1c(SCC(=O)NCCC#N)nc2sc3c(c2c1=O)CCCC3. The van der Waals surface area contributed by atoms with Crippen LogP contribution >= 0.6 is 23.1 Å². The minimum Gasteiger partial charge on any atom is -0.383 e. The van der Waals surface area contributed by atoms with E-state index in [0.29, 0.717) is 24.9 Å². The summed E-state index contributed by atoms with van der Waals surface area (Å²) >= 11 is 2.85. The fraction of sp³-hybridized carbons (Fsp3) is 0.556. The fourth-order valence-corrected chi connectivity index (χ4v) is 5.31. The Labute approximate surface area is 165 Å². The lowest BCUT2D eigenvalue weighted by Gasteiger charge is -2.13. The minimum atomic E-state index is -0.173. The standard InChI is InChI=1S/C18H22N4O3S2/c1-25-10-9-22-17(24)15-12-5-2-3-6-13(12)27-16(15)21-18(22)26-11-14(23)20-8-4-7-19/h2-6,8-11H2,1H3,(H,20,23). The lowest BCUT2D eigenvalue weighted by Crippen LogP contribution is -2.28. The summed E-state index contributed by atoms with van der Waals surface area (Å²) in [6.07, 6.45) is 4.49. The molecule has 2 aromatic rings. The van der Waals surface area contributed by atoms with E-state index < -0.39 is 0 Å². The Morgan fingerprint density at radius 2 is 2.26 bits per heavy atom. The van der Waals surface area contributed by atoms with Gasteiger partial charge in [-0.3, -0.25) is 14.2 Å². The van der Waals surface area contributed by atoms with Crippen LogP contribution in [0.5, 0.6) is 0 Å². The molecular weight excluding hydrogens is 384 g/mol. The zero-order chi connectivity index (χ0) is 19.2. The molecule has 0 atom stereocenters. The third-order valence-electron chi connectivity index (χ3n) is 4.45. The molecule has 0 fully saturated rings. The second kappa shape index (κ2) is 9.35. The number of aryl methyl sites for hydroxylation is 2. The molecule has 7 nitrogen and oxygen atoms in total. The average molecular weight is 407 g/mol. The summed E-state index contributed by atoms with van der Waals surface area (Å²) in [4.78, 5) is 31.9. The normalized spacial score (nSPS) is 13.3. The van der Waals surface area contributed by atoms with E-state index in [1.54, 1.807) is 23.0 Å². The van der Waals surface area contributed by atoms with E-state index in [9.17, 15) is 9.59 Å². The summed E-state index contributed by atoms with van der Waals surface area (Å²) in [6, 6.07) is 1.99. The van der Waals surface area contributed by atoms with Crippen LogP contribution in [0, 0.1) is 11.3 Å². The lowest BCUT2D eigenvalue weighted by molar-refractivity contribution is -0.118. The molecule has 0 saturated carbocycles. The number of amides is 1. The molecule has 144 valence electrons. The number of hydrogen-bond donors (Lipinski definition) is 1. The van der Waals surface area contributed by atoms with Gasteiger partial charge >= 0.3 is 0 Å². The van der Waals surface area contributed by atoms with Crippen molar-refractivity contribution in [1.29, 1.82) is 5.26 Å². The molecule has 27 heavy (non-hydrogen) atoms. The predicted octanol–water partition coefficient (Wildman–Crippen LogP) is 2.11. The Balaban J connectivity index is 1.89. The molecule has 3 rings (SSSR count). The van der Waals surface area contributed by atoms with Gasteiger partial charge in [-0.05, 0) is 31.2 Å². The van der Waals surface area contributed by atoms with Gasteiger partial charge in [0.1, 0.15) is 4.83 Å². The molecule has 0 aliphatic heterocycles. The third-order valence-corrected chi connectivity index (χ3v) is 6.61. The van der Waals surface area contributed by atoms with Crippen LogP contribution in [-0.4, -0.2) is 41.5 Å². The van der Waals surface area contributed by atoms with E-state index >= 15 is 0 Å². The zero-order valence-corrected chi connectivity index (χ0v) is 16.9. The number of hydrogen-bond acceptors (Lipinski definition) is 7. The predicted molar refractivity (Wildman–Crippen MR) is 106 cm³/mol. The second-order valence-electron chi connectivity index (χ2n) is 6.28. The molecule has 1 N–H and O–H groups in total. The van der Waals surface area contributed by atoms with Crippen LogP contribution in [0.1, 0.15) is 29.7 Å². The highest BCUT2D eigenvalue weighted by Gasteiger charge is 2.22. The van der Waals surface area contributed by atoms with E-state index in [2.05, 4.69) is 5.32 Å². The summed E-state index contributed by atoms with van der Waals surface area (Å²) in [7, 11) is 1.60.